The topological polar surface area (TPSA) is 27.1 Å². The largest absolute Gasteiger partial charge is 0.380 e. The van der Waals surface area contributed by atoms with Gasteiger partial charge in [-0.3, -0.25) is 0 Å². The number of hydrogen-bond donors (Lipinski definition) is 0. The number of rotatable bonds is 5. The molecule has 0 spiro atoms. The number of aryl methyl sites for hydroxylation is 1. The van der Waals surface area contributed by atoms with Crippen LogP contribution in [0.3, 0.4) is 0 Å². The van der Waals surface area contributed by atoms with Gasteiger partial charge >= 0.3 is 0 Å². The van der Waals surface area contributed by atoms with Crippen LogP contribution in [0, 0.1) is 6.92 Å². The highest BCUT2D eigenvalue weighted by molar-refractivity contribution is 5.80. The van der Waals surface area contributed by atoms with Crippen LogP contribution in [0.25, 0.3) is 22.4 Å². The van der Waals surface area contributed by atoms with Crippen LogP contribution in [0.2, 0.25) is 0 Å². The van der Waals surface area contributed by atoms with Gasteiger partial charge in [0.1, 0.15) is 5.82 Å². The molecule has 0 saturated carbocycles. The van der Waals surface area contributed by atoms with Crippen LogP contribution in [-0.2, 0) is 11.3 Å². The van der Waals surface area contributed by atoms with Gasteiger partial charge in [-0.1, -0.05) is 35.9 Å². The highest BCUT2D eigenvalue weighted by Crippen LogP contribution is 2.25. The number of para-hydroxylation sites is 2. The van der Waals surface area contributed by atoms with Crippen molar-refractivity contribution in [2.24, 2.45) is 0 Å². The summed E-state index contributed by atoms with van der Waals surface area (Å²) in [6.45, 7) is 6.39. The van der Waals surface area contributed by atoms with Gasteiger partial charge in [0.05, 0.1) is 17.6 Å². The van der Waals surface area contributed by atoms with E-state index in [9.17, 15) is 0 Å². The molecule has 0 unspecified atom stereocenters. The summed E-state index contributed by atoms with van der Waals surface area (Å²) in [5.41, 5.74) is 4.60. The van der Waals surface area contributed by atoms with Crippen LogP contribution in [0.4, 0.5) is 0 Å². The molecule has 0 aliphatic heterocycles. The minimum Gasteiger partial charge on any atom is -0.380 e. The minimum atomic E-state index is 0.704. The molecule has 108 valence electrons. The van der Waals surface area contributed by atoms with Crippen LogP contribution in [0.5, 0.6) is 0 Å². The lowest BCUT2D eigenvalue weighted by Gasteiger charge is -2.09. The lowest BCUT2D eigenvalue weighted by atomic mass is 10.1. The second-order valence-corrected chi connectivity index (χ2v) is 5.14. The van der Waals surface area contributed by atoms with Crippen LogP contribution in [0.15, 0.2) is 48.5 Å². The van der Waals surface area contributed by atoms with Gasteiger partial charge < -0.3 is 9.30 Å². The normalized spacial score (nSPS) is 11.1. The maximum Gasteiger partial charge on any atom is 0.141 e. The average molecular weight is 280 g/mol. The molecule has 3 heteroatoms. The molecule has 0 N–H and O–H groups in total. The van der Waals surface area contributed by atoms with E-state index in [4.69, 9.17) is 9.72 Å². The average Bonchev–Trinajstić information content (AvgIpc) is 2.87. The number of hydrogen-bond acceptors (Lipinski definition) is 2. The molecular weight excluding hydrogens is 260 g/mol. The van der Waals surface area contributed by atoms with Gasteiger partial charge in [-0.25, -0.2) is 4.98 Å². The van der Waals surface area contributed by atoms with Crippen molar-refractivity contribution in [3.05, 3.63) is 54.1 Å². The quantitative estimate of drug-likeness (QED) is 0.659. The fourth-order valence-electron chi connectivity index (χ4n) is 2.61. The van der Waals surface area contributed by atoms with Gasteiger partial charge in [0.25, 0.3) is 0 Å². The molecule has 0 fully saturated rings. The van der Waals surface area contributed by atoms with Gasteiger partial charge in [0, 0.05) is 18.7 Å². The number of nitrogens with zero attached hydrogens (tertiary/aromatic N) is 2. The molecule has 0 aliphatic rings. The van der Waals surface area contributed by atoms with Crippen LogP contribution in [0.1, 0.15) is 12.5 Å². The van der Waals surface area contributed by atoms with Gasteiger partial charge in [-0.15, -0.1) is 0 Å². The zero-order chi connectivity index (χ0) is 14.7. The fraction of sp³-hybridized carbons (Fsp3) is 0.278. The van der Waals surface area contributed by atoms with Crippen LogP contribution >= 0.6 is 0 Å². The molecule has 3 rings (SSSR count). The lowest BCUT2D eigenvalue weighted by Crippen LogP contribution is -2.07. The van der Waals surface area contributed by atoms with Gasteiger partial charge in [0.2, 0.25) is 0 Å². The molecule has 3 aromatic rings. The molecule has 0 aliphatic carbocycles. The third kappa shape index (κ3) is 2.83. The molecular formula is C18H20N2O. The number of benzene rings is 2. The number of imidazole rings is 1. The van der Waals surface area contributed by atoms with E-state index in [0.717, 1.165) is 35.6 Å². The Hall–Kier alpha value is -2.13. The van der Waals surface area contributed by atoms with E-state index in [2.05, 4.69) is 54.0 Å². The van der Waals surface area contributed by atoms with Crippen molar-refractivity contribution in [1.82, 2.24) is 9.55 Å². The van der Waals surface area contributed by atoms with E-state index in [-0.39, 0.29) is 0 Å². The zero-order valence-electron chi connectivity index (χ0n) is 12.5. The predicted octanol–water partition coefficient (Wildman–Crippen LogP) is 4.05. The summed E-state index contributed by atoms with van der Waals surface area (Å²) in [6, 6.07) is 16.8. The summed E-state index contributed by atoms with van der Waals surface area (Å²) < 4.78 is 7.77. The Bertz CT molecular complexity index is 746. The summed E-state index contributed by atoms with van der Waals surface area (Å²) >= 11 is 0. The van der Waals surface area contributed by atoms with Crippen molar-refractivity contribution in [3.8, 4) is 11.4 Å². The molecule has 0 radical (unpaired) electrons. The van der Waals surface area contributed by atoms with Crippen molar-refractivity contribution in [3.63, 3.8) is 0 Å². The third-order valence-corrected chi connectivity index (χ3v) is 3.59. The number of aromatic nitrogens is 2. The number of fused-ring (bicyclic) bond motifs is 1. The lowest BCUT2D eigenvalue weighted by molar-refractivity contribution is 0.140. The molecule has 1 aromatic heterocycles. The van der Waals surface area contributed by atoms with E-state index in [1.54, 1.807) is 0 Å². The minimum absolute atomic E-state index is 0.704. The van der Waals surface area contributed by atoms with Crippen molar-refractivity contribution in [2.45, 2.75) is 20.4 Å². The second kappa shape index (κ2) is 6.10. The zero-order valence-corrected chi connectivity index (χ0v) is 12.5. The summed E-state index contributed by atoms with van der Waals surface area (Å²) in [7, 11) is 0. The maximum absolute atomic E-state index is 5.52. The smallest absolute Gasteiger partial charge is 0.141 e. The highest BCUT2D eigenvalue weighted by Gasteiger charge is 2.12. The van der Waals surface area contributed by atoms with Crippen molar-refractivity contribution >= 4 is 11.0 Å². The first kappa shape index (κ1) is 13.8. The van der Waals surface area contributed by atoms with Crippen molar-refractivity contribution in [1.29, 1.82) is 0 Å². The Balaban J connectivity index is 2.09. The molecule has 21 heavy (non-hydrogen) atoms. The van der Waals surface area contributed by atoms with E-state index < -0.39 is 0 Å². The third-order valence-electron chi connectivity index (χ3n) is 3.59. The Morgan fingerprint density at radius 1 is 1.10 bits per heavy atom. The Morgan fingerprint density at radius 3 is 2.76 bits per heavy atom. The molecule has 0 amide bonds. The first-order valence-electron chi connectivity index (χ1n) is 7.39. The molecule has 2 aromatic carbocycles. The summed E-state index contributed by atoms with van der Waals surface area (Å²) in [6.07, 6.45) is 0. The van der Waals surface area contributed by atoms with Crippen LogP contribution < -0.4 is 0 Å². The molecule has 3 nitrogen and oxygen atoms in total. The van der Waals surface area contributed by atoms with E-state index in [1.807, 2.05) is 13.0 Å². The fourth-order valence-corrected chi connectivity index (χ4v) is 2.61. The second-order valence-electron chi connectivity index (χ2n) is 5.14. The molecule has 0 saturated heterocycles. The highest BCUT2D eigenvalue weighted by atomic mass is 16.5. The molecule has 0 bridgehead atoms. The van der Waals surface area contributed by atoms with E-state index in [1.165, 1.54) is 5.56 Å². The Kier molecular flexibility index (Phi) is 4.02. The van der Waals surface area contributed by atoms with Gasteiger partial charge in [-0.05, 0) is 32.0 Å². The van der Waals surface area contributed by atoms with Gasteiger partial charge in [-0.2, -0.15) is 0 Å². The number of ether oxygens (including phenoxy) is 1. The monoisotopic (exact) mass is 280 g/mol. The van der Waals surface area contributed by atoms with Crippen molar-refractivity contribution < 1.29 is 4.74 Å². The summed E-state index contributed by atoms with van der Waals surface area (Å²) in [5, 5.41) is 0. The Labute approximate surface area is 125 Å². The molecule has 0 atom stereocenters. The Morgan fingerprint density at radius 2 is 1.95 bits per heavy atom. The molecule has 1 heterocycles. The summed E-state index contributed by atoms with van der Waals surface area (Å²) in [4.78, 5) is 4.81. The summed E-state index contributed by atoms with van der Waals surface area (Å²) in [5.74, 6) is 1.01. The first-order valence-corrected chi connectivity index (χ1v) is 7.39. The SMILES string of the molecule is CCOCCn1c(-c2cccc(C)c2)nc2ccccc21. The van der Waals surface area contributed by atoms with E-state index in [0.29, 0.717) is 6.61 Å². The van der Waals surface area contributed by atoms with Crippen molar-refractivity contribution in [2.75, 3.05) is 13.2 Å². The van der Waals surface area contributed by atoms with Gasteiger partial charge in [0.15, 0.2) is 0 Å². The standard InChI is InChI=1S/C18H20N2O/c1-3-21-12-11-20-17-10-5-4-9-16(17)19-18(20)15-8-6-7-14(2)13-15/h4-10,13H,3,11-12H2,1-2H3. The maximum atomic E-state index is 5.52. The van der Waals surface area contributed by atoms with E-state index >= 15 is 0 Å². The predicted molar refractivity (Wildman–Crippen MR) is 86.4 cm³/mol. The van der Waals surface area contributed by atoms with Crippen LogP contribution in [-0.4, -0.2) is 22.8 Å². The first-order chi connectivity index (χ1) is 10.3.